The highest BCUT2D eigenvalue weighted by Crippen LogP contribution is 2.29. The van der Waals surface area contributed by atoms with Crippen LogP contribution in [0, 0.1) is 6.92 Å². The molecule has 3 rings (SSSR count). The Labute approximate surface area is 144 Å². The second-order valence-electron chi connectivity index (χ2n) is 5.17. The van der Waals surface area contributed by atoms with E-state index in [1.54, 1.807) is 0 Å². The van der Waals surface area contributed by atoms with Crippen LogP contribution < -0.4 is 10.1 Å². The summed E-state index contributed by atoms with van der Waals surface area (Å²) in [4.78, 5) is 12.4. The Bertz CT molecular complexity index is 799. The lowest BCUT2D eigenvalue weighted by atomic mass is 10.1. The van der Waals surface area contributed by atoms with Crippen molar-refractivity contribution in [3.8, 4) is 5.75 Å². The predicted octanol–water partition coefficient (Wildman–Crippen LogP) is 4.06. The minimum Gasteiger partial charge on any atom is -0.488 e. The minimum absolute atomic E-state index is 0.159. The summed E-state index contributed by atoms with van der Waals surface area (Å²) in [7, 11) is 0. The molecule has 1 fully saturated rings. The minimum atomic E-state index is -0.159. The number of carbonyl (C=O) groups excluding carboxylic acids is 1. The van der Waals surface area contributed by atoms with Gasteiger partial charge in [-0.25, -0.2) is 0 Å². The lowest BCUT2D eigenvalue weighted by Crippen LogP contribution is -2.17. The van der Waals surface area contributed by atoms with Gasteiger partial charge in [0.2, 0.25) is 0 Å². The first-order chi connectivity index (χ1) is 11.1. The van der Waals surface area contributed by atoms with Gasteiger partial charge in [0.05, 0.1) is 4.91 Å². The quantitative estimate of drug-likeness (QED) is 0.672. The summed E-state index contributed by atoms with van der Waals surface area (Å²) in [5, 5.41) is 2.62. The van der Waals surface area contributed by atoms with Crippen LogP contribution in [0.1, 0.15) is 16.7 Å². The van der Waals surface area contributed by atoms with Gasteiger partial charge >= 0.3 is 0 Å². The Morgan fingerprint density at radius 2 is 2.04 bits per heavy atom. The number of carbonyl (C=O) groups is 1. The molecule has 0 unspecified atom stereocenters. The van der Waals surface area contributed by atoms with Crippen LogP contribution in [0.15, 0.2) is 53.4 Å². The molecule has 1 saturated heterocycles. The summed E-state index contributed by atoms with van der Waals surface area (Å²) < 4.78 is 6.42. The smallest absolute Gasteiger partial charge is 0.263 e. The Balaban J connectivity index is 1.80. The van der Waals surface area contributed by atoms with Crippen LogP contribution in [-0.4, -0.2) is 10.2 Å². The molecule has 0 bridgehead atoms. The fourth-order valence-electron chi connectivity index (χ4n) is 2.26. The van der Waals surface area contributed by atoms with Gasteiger partial charge in [0.15, 0.2) is 0 Å². The van der Waals surface area contributed by atoms with E-state index in [0.29, 0.717) is 15.8 Å². The normalized spacial score (nSPS) is 15.8. The van der Waals surface area contributed by atoms with Gasteiger partial charge in [0, 0.05) is 5.56 Å². The predicted molar refractivity (Wildman–Crippen MR) is 98.3 cm³/mol. The Morgan fingerprint density at radius 3 is 2.78 bits per heavy atom. The topological polar surface area (TPSA) is 38.3 Å². The molecule has 2 aromatic carbocycles. The number of nitrogens with one attached hydrogen (secondary N) is 1. The zero-order valence-corrected chi connectivity index (χ0v) is 14.2. The zero-order valence-electron chi connectivity index (χ0n) is 12.5. The van der Waals surface area contributed by atoms with Crippen LogP contribution in [0.2, 0.25) is 0 Å². The Kier molecular flexibility index (Phi) is 4.79. The van der Waals surface area contributed by atoms with Gasteiger partial charge in [-0.05, 0) is 24.6 Å². The van der Waals surface area contributed by atoms with Gasteiger partial charge in [0.25, 0.3) is 5.91 Å². The highest BCUT2D eigenvalue weighted by molar-refractivity contribution is 8.26. The van der Waals surface area contributed by atoms with Crippen LogP contribution in [0.3, 0.4) is 0 Å². The first kappa shape index (κ1) is 15.8. The van der Waals surface area contributed by atoms with E-state index in [-0.39, 0.29) is 5.91 Å². The zero-order chi connectivity index (χ0) is 16.2. The average Bonchev–Trinajstić information content (AvgIpc) is 2.84. The summed E-state index contributed by atoms with van der Waals surface area (Å²) in [6.07, 6.45) is 1.81. The maximum absolute atomic E-state index is 11.8. The summed E-state index contributed by atoms with van der Waals surface area (Å²) in [6, 6.07) is 15.9. The molecule has 3 nitrogen and oxygen atoms in total. The molecule has 2 aromatic rings. The number of thiocarbonyl (C=S) groups is 1. The number of aryl methyl sites for hydroxylation is 1. The summed E-state index contributed by atoms with van der Waals surface area (Å²) in [6.45, 7) is 2.54. The van der Waals surface area contributed by atoms with Crippen molar-refractivity contribution in [3.63, 3.8) is 0 Å². The van der Waals surface area contributed by atoms with Gasteiger partial charge < -0.3 is 10.1 Å². The van der Waals surface area contributed by atoms with E-state index in [0.717, 1.165) is 16.9 Å². The van der Waals surface area contributed by atoms with E-state index < -0.39 is 0 Å². The number of para-hydroxylation sites is 1. The number of thioether (sulfide) groups is 1. The van der Waals surface area contributed by atoms with Crippen LogP contribution in [-0.2, 0) is 11.4 Å². The first-order valence-corrected chi connectivity index (χ1v) is 8.36. The number of benzene rings is 2. The van der Waals surface area contributed by atoms with Gasteiger partial charge in [-0.1, -0.05) is 72.0 Å². The van der Waals surface area contributed by atoms with E-state index in [4.69, 9.17) is 17.0 Å². The monoisotopic (exact) mass is 341 g/mol. The fourth-order valence-corrected chi connectivity index (χ4v) is 3.29. The third kappa shape index (κ3) is 4.00. The molecular formula is C18H15NO2S2. The lowest BCUT2D eigenvalue weighted by Gasteiger charge is -2.10. The average molecular weight is 341 g/mol. The van der Waals surface area contributed by atoms with E-state index in [2.05, 4.69) is 24.4 Å². The molecule has 0 aromatic heterocycles. The standard InChI is InChI=1S/C18H15NO2S2/c1-12-5-4-6-13(9-12)11-21-15-8-3-2-7-14(15)10-16-17(20)19-18(22)23-16/h2-10H,11H2,1H3,(H,19,20,22)/b16-10+. The van der Waals surface area contributed by atoms with E-state index >= 15 is 0 Å². The molecule has 1 N–H and O–H groups in total. The Hall–Kier alpha value is -2.11. The maximum atomic E-state index is 11.8. The summed E-state index contributed by atoms with van der Waals surface area (Å²) >= 11 is 6.28. The number of amides is 1. The second-order valence-corrected chi connectivity index (χ2v) is 6.89. The number of hydrogen-bond acceptors (Lipinski definition) is 4. The van der Waals surface area contributed by atoms with Gasteiger partial charge in [-0.15, -0.1) is 0 Å². The first-order valence-electron chi connectivity index (χ1n) is 7.14. The summed E-state index contributed by atoms with van der Waals surface area (Å²) in [5.74, 6) is 0.584. The number of ether oxygens (including phenoxy) is 1. The molecule has 5 heteroatoms. The third-order valence-electron chi connectivity index (χ3n) is 3.32. The highest BCUT2D eigenvalue weighted by Gasteiger charge is 2.22. The molecule has 23 heavy (non-hydrogen) atoms. The lowest BCUT2D eigenvalue weighted by molar-refractivity contribution is -0.115. The molecule has 1 aliphatic heterocycles. The molecule has 0 radical (unpaired) electrons. The van der Waals surface area contributed by atoms with Crippen molar-refractivity contribution in [2.45, 2.75) is 13.5 Å². The Morgan fingerprint density at radius 1 is 1.22 bits per heavy atom. The third-order valence-corrected chi connectivity index (χ3v) is 4.49. The van der Waals surface area contributed by atoms with Crippen molar-refractivity contribution in [2.24, 2.45) is 0 Å². The van der Waals surface area contributed by atoms with Gasteiger partial charge in [-0.3, -0.25) is 4.79 Å². The van der Waals surface area contributed by atoms with Gasteiger partial charge in [-0.2, -0.15) is 0 Å². The van der Waals surface area contributed by atoms with Gasteiger partial charge in [0.1, 0.15) is 16.7 Å². The molecular weight excluding hydrogens is 326 g/mol. The summed E-state index contributed by atoms with van der Waals surface area (Å²) in [5.41, 5.74) is 3.18. The van der Waals surface area contributed by atoms with Crippen molar-refractivity contribution >= 4 is 40.3 Å². The molecule has 0 aliphatic carbocycles. The van der Waals surface area contributed by atoms with Crippen molar-refractivity contribution < 1.29 is 9.53 Å². The SMILES string of the molecule is Cc1cccc(COc2ccccc2/C=C2/SC(=S)NC2=O)c1. The van der Waals surface area contributed by atoms with Crippen LogP contribution in [0.25, 0.3) is 6.08 Å². The second kappa shape index (κ2) is 6.98. The molecule has 0 atom stereocenters. The number of rotatable bonds is 4. The molecule has 1 amide bonds. The molecule has 0 spiro atoms. The molecule has 1 heterocycles. The van der Waals surface area contributed by atoms with E-state index in [9.17, 15) is 4.79 Å². The molecule has 0 saturated carbocycles. The van der Waals surface area contributed by atoms with E-state index in [1.165, 1.54) is 17.3 Å². The van der Waals surface area contributed by atoms with E-state index in [1.807, 2.05) is 42.5 Å². The molecule has 116 valence electrons. The van der Waals surface area contributed by atoms with Crippen molar-refractivity contribution in [1.82, 2.24) is 5.32 Å². The van der Waals surface area contributed by atoms with Crippen molar-refractivity contribution in [1.29, 1.82) is 0 Å². The van der Waals surface area contributed by atoms with Crippen molar-refractivity contribution in [2.75, 3.05) is 0 Å². The maximum Gasteiger partial charge on any atom is 0.263 e. The largest absolute Gasteiger partial charge is 0.488 e. The number of hydrogen-bond donors (Lipinski definition) is 1. The fraction of sp³-hybridized carbons (Fsp3) is 0.111. The van der Waals surface area contributed by atoms with Crippen LogP contribution >= 0.6 is 24.0 Å². The van der Waals surface area contributed by atoms with Crippen molar-refractivity contribution in [3.05, 3.63) is 70.1 Å². The van der Waals surface area contributed by atoms with Crippen LogP contribution in [0.5, 0.6) is 5.75 Å². The highest BCUT2D eigenvalue weighted by atomic mass is 32.2. The van der Waals surface area contributed by atoms with Crippen LogP contribution in [0.4, 0.5) is 0 Å². The molecule has 1 aliphatic rings.